The topological polar surface area (TPSA) is 67.6 Å². The van der Waals surface area contributed by atoms with E-state index >= 15 is 0 Å². The smallest absolute Gasteiger partial charge is 0.241 e. The van der Waals surface area contributed by atoms with Crippen LogP contribution in [0, 0.1) is 4.77 Å². The molecular formula is C18H17Cl2N7OS2. The van der Waals surface area contributed by atoms with Crippen LogP contribution in [0.2, 0.25) is 10.0 Å². The lowest BCUT2D eigenvalue weighted by molar-refractivity contribution is 0.0910. The molecule has 1 aliphatic heterocycles. The van der Waals surface area contributed by atoms with Gasteiger partial charge in [0.2, 0.25) is 16.5 Å². The maximum atomic E-state index is 6.25. The Hall–Kier alpha value is -1.82. The van der Waals surface area contributed by atoms with Crippen molar-refractivity contribution >= 4 is 52.4 Å². The molecule has 0 N–H and O–H groups in total. The molecule has 0 amide bonds. The maximum Gasteiger partial charge on any atom is 0.241 e. The van der Waals surface area contributed by atoms with Crippen LogP contribution in [0.25, 0.3) is 17.0 Å². The Balaban J connectivity index is 1.21. The number of halogens is 2. The number of pyridine rings is 1. The molecule has 4 aromatic rings. The zero-order valence-electron chi connectivity index (χ0n) is 15.7. The van der Waals surface area contributed by atoms with Gasteiger partial charge < -0.3 is 4.52 Å². The highest BCUT2D eigenvalue weighted by Gasteiger charge is 2.21. The first-order valence-corrected chi connectivity index (χ1v) is 11.4. The fourth-order valence-electron chi connectivity index (χ4n) is 3.44. The average molecular weight is 482 g/mol. The lowest BCUT2D eigenvalue weighted by atomic mass is 10.3. The van der Waals surface area contributed by atoms with Crippen molar-refractivity contribution < 1.29 is 4.52 Å². The number of nitrogens with zero attached hydrogens (tertiary/aromatic N) is 7. The zero-order chi connectivity index (χ0) is 20.7. The van der Waals surface area contributed by atoms with Gasteiger partial charge in [-0.15, -0.1) is 5.10 Å². The van der Waals surface area contributed by atoms with Crippen molar-refractivity contribution in [1.82, 2.24) is 34.1 Å². The van der Waals surface area contributed by atoms with E-state index in [4.69, 9.17) is 39.9 Å². The van der Waals surface area contributed by atoms with Crippen LogP contribution in [-0.4, -0.2) is 60.3 Å². The number of hydrogen-bond acceptors (Lipinski definition) is 8. The molecule has 30 heavy (non-hydrogen) atoms. The Morgan fingerprint density at radius 2 is 1.97 bits per heavy atom. The lowest BCUT2D eigenvalue weighted by Gasteiger charge is -2.33. The molecule has 8 nitrogen and oxygen atoms in total. The van der Waals surface area contributed by atoms with E-state index in [1.54, 1.807) is 32.7 Å². The Kier molecular flexibility index (Phi) is 5.61. The van der Waals surface area contributed by atoms with Gasteiger partial charge in [-0.3, -0.25) is 14.2 Å². The summed E-state index contributed by atoms with van der Waals surface area (Å²) in [5.41, 5.74) is 1.60. The summed E-state index contributed by atoms with van der Waals surface area (Å²) in [5, 5.41) is 13.7. The monoisotopic (exact) mass is 481 g/mol. The first kappa shape index (κ1) is 20.1. The van der Waals surface area contributed by atoms with E-state index in [1.807, 2.05) is 16.8 Å². The Bertz CT molecular complexity index is 1230. The first-order valence-electron chi connectivity index (χ1n) is 9.31. The largest absolute Gasteiger partial charge is 0.338 e. The lowest BCUT2D eigenvalue weighted by Crippen LogP contribution is -2.46. The molecule has 0 unspecified atom stereocenters. The van der Waals surface area contributed by atoms with E-state index in [9.17, 15) is 0 Å². The van der Waals surface area contributed by atoms with Crippen LogP contribution in [0.5, 0.6) is 0 Å². The van der Waals surface area contributed by atoms with Crippen LogP contribution in [0.1, 0.15) is 5.89 Å². The van der Waals surface area contributed by atoms with Crippen LogP contribution >= 0.6 is 46.8 Å². The molecule has 156 valence electrons. The third-order valence-electron chi connectivity index (χ3n) is 5.01. The van der Waals surface area contributed by atoms with Gasteiger partial charge in [-0.2, -0.15) is 16.3 Å². The van der Waals surface area contributed by atoms with E-state index in [2.05, 4.69) is 25.0 Å². The molecule has 0 atom stereocenters. The van der Waals surface area contributed by atoms with Crippen molar-refractivity contribution in [1.29, 1.82) is 0 Å². The van der Waals surface area contributed by atoms with E-state index in [0.717, 1.165) is 31.7 Å². The molecule has 1 saturated heterocycles. The molecule has 0 aliphatic carbocycles. The molecule has 5 rings (SSSR count). The average Bonchev–Trinajstić information content (AvgIpc) is 3.46. The highest BCUT2D eigenvalue weighted by molar-refractivity contribution is 7.71. The zero-order valence-corrected chi connectivity index (χ0v) is 18.9. The minimum absolute atomic E-state index is 0.485. The number of hydrogen-bond donors (Lipinski definition) is 0. The van der Waals surface area contributed by atoms with E-state index in [0.29, 0.717) is 45.4 Å². The van der Waals surface area contributed by atoms with Gasteiger partial charge in [0.15, 0.2) is 5.65 Å². The van der Waals surface area contributed by atoms with Crippen LogP contribution in [0.4, 0.5) is 0 Å². The number of fused-ring (bicyclic) bond motifs is 1. The summed E-state index contributed by atoms with van der Waals surface area (Å²) in [5.74, 6) is 1.28. The molecule has 0 bridgehead atoms. The number of thiophene rings is 1. The van der Waals surface area contributed by atoms with Crippen molar-refractivity contribution in [2.24, 2.45) is 0 Å². The van der Waals surface area contributed by atoms with Crippen molar-refractivity contribution in [2.75, 3.05) is 26.2 Å². The molecule has 0 aromatic carbocycles. The first-order chi connectivity index (χ1) is 14.6. The second kappa shape index (κ2) is 8.37. The second-order valence-electron chi connectivity index (χ2n) is 7.04. The van der Waals surface area contributed by atoms with Crippen molar-refractivity contribution in [3.63, 3.8) is 0 Å². The number of rotatable bonds is 5. The molecule has 12 heteroatoms. The number of aromatic nitrogens is 5. The molecule has 0 radical (unpaired) electrons. The van der Waals surface area contributed by atoms with Gasteiger partial charge in [-0.05, 0) is 29.7 Å². The molecule has 1 aliphatic rings. The molecule has 5 heterocycles. The van der Waals surface area contributed by atoms with Gasteiger partial charge in [0, 0.05) is 43.3 Å². The van der Waals surface area contributed by atoms with Crippen molar-refractivity contribution in [2.45, 2.75) is 13.2 Å². The summed E-state index contributed by atoms with van der Waals surface area (Å²) in [6.07, 6.45) is 1.74. The third kappa shape index (κ3) is 4.03. The molecule has 4 aromatic heterocycles. The van der Waals surface area contributed by atoms with Crippen LogP contribution in [0.3, 0.4) is 0 Å². The van der Waals surface area contributed by atoms with Crippen molar-refractivity contribution in [3.05, 3.63) is 49.8 Å². The van der Waals surface area contributed by atoms with Gasteiger partial charge in [0.25, 0.3) is 0 Å². The van der Waals surface area contributed by atoms with Gasteiger partial charge >= 0.3 is 0 Å². The van der Waals surface area contributed by atoms with E-state index in [-0.39, 0.29) is 0 Å². The fraction of sp³-hybridized carbons (Fsp3) is 0.333. The highest BCUT2D eigenvalue weighted by Crippen LogP contribution is 2.22. The standard InChI is InChI=1S/C18H17Cl2N7OS2/c19-13-7-14(20)17-22-27(18(29)26(17)8-13)11-25-4-2-24(3-5-25)9-15-21-16(23-28-15)12-1-6-30-10-12/h1,6-8,10H,2-5,9,11H2. The fourth-order valence-corrected chi connectivity index (χ4v) is 4.82. The maximum absolute atomic E-state index is 6.25. The van der Waals surface area contributed by atoms with Crippen molar-refractivity contribution in [3.8, 4) is 11.4 Å². The minimum atomic E-state index is 0.485. The van der Waals surface area contributed by atoms with E-state index < -0.39 is 0 Å². The van der Waals surface area contributed by atoms with Crippen LogP contribution in [-0.2, 0) is 13.2 Å². The molecule has 0 spiro atoms. The Labute approximate surface area is 191 Å². The Morgan fingerprint density at radius 3 is 2.73 bits per heavy atom. The van der Waals surface area contributed by atoms with Crippen LogP contribution < -0.4 is 0 Å². The normalized spacial score (nSPS) is 15.9. The number of piperazine rings is 1. The predicted molar refractivity (Wildman–Crippen MR) is 118 cm³/mol. The van der Waals surface area contributed by atoms with Gasteiger partial charge in [0.1, 0.15) is 0 Å². The second-order valence-corrected chi connectivity index (χ2v) is 9.03. The molecule has 0 saturated carbocycles. The molecular weight excluding hydrogens is 465 g/mol. The van der Waals surface area contributed by atoms with Gasteiger partial charge in [-0.1, -0.05) is 28.4 Å². The summed E-state index contributed by atoms with van der Waals surface area (Å²) in [6.45, 7) is 4.80. The van der Waals surface area contributed by atoms with E-state index in [1.165, 1.54) is 0 Å². The molecule has 1 fully saturated rings. The SMILES string of the molecule is S=c1n(CN2CCN(Cc3nc(-c4ccsc4)no3)CC2)nc2c(Cl)cc(Cl)cn12. The summed E-state index contributed by atoms with van der Waals surface area (Å²) >= 11 is 19.5. The third-order valence-corrected chi connectivity index (χ3v) is 6.58. The summed E-state index contributed by atoms with van der Waals surface area (Å²) < 4.78 is 9.52. The minimum Gasteiger partial charge on any atom is -0.338 e. The quantitative estimate of drug-likeness (QED) is 0.398. The van der Waals surface area contributed by atoms with Crippen LogP contribution in [0.15, 0.2) is 33.6 Å². The summed E-state index contributed by atoms with van der Waals surface area (Å²) in [7, 11) is 0. The van der Waals surface area contributed by atoms with Gasteiger partial charge in [-0.25, -0.2) is 4.68 Å². The highest BCUT2D eigenvalue weighted by atomic mass is 35.5. The summed E-state index contributed by atoms with van der Waals surface area (Å²) in [4.78, 5) is 9.12. The Morgan fingerprint density at radius 1 is 1.17 bits per heavy atom. The van der Waals surface area contributed by atoms with Gasteiger partial charge in [0.05, 0.1) is 23.3 Å². The summed E-state index contributed by atoms with van der Waals surface area (Å²) in [6, 6.07) is 3.66. The predicted octanol–water partition coefficient (Wildman–Crippen LogP) is 4.06.